The average Bonchev–Trinajstić information content (AvgIpc) is 1.98. The summed E-state index contributed by atoms with van der Waals surface area (Å²) in [5.74, 6) is 1.02. The van der Waals surface area contributed by atoms with Crippen molar-refractivity contribution in [2.75, 3.05) is 20.0 Å². The van der Waals surface area contributed by atoms with E-state index in [1.807, 2.05) is 0 Å². The molecule has 0 aliphatic carbocycles. The number of hydrogen-bond acceptors (Lipinski definition) is 3. The molecule has 0 saturated carbocycles. The predicted octanol–water partition coefficient (Wildman–Crippen LogP) is -1.15. The van der Waals surface area contributed by atoms with Gasteiger partial charge in [0.2, 0.25) is 0 Å². The maximum absolute atomic E-state index is 8.25. The van der Waals surface area contributed by atoms with Crippen LogP contribution in [0.25, 0.3) is 0 Å². The molecular weight excluding hydrogens is 151 g/mol. The monoisotopic (exact) mass is 164 g/mol. The van der Waals surface area contributed by atoms with Crippen molar-refractivity contribution in [2.24, 2.45) is 0 Å². The summed E-state index contributed by atoms with van der Waals surface area (Å²) in [6.07, 6.45) is 1.22. The van der Waals surface area contributed by atoms with E-state index < -0.39 is 0 Å². The van der Waals surface area contributed by atoms with E-state index in [9.17, 15) is 0 Å². The van der Waals surface area contributed by atoms with Gasteiger partial charge in [0.05, 0.1) is 0 Å². The standard InChI is InChI=1S/C3H7S.2CH3O.Al/c1-2-3-4;2*1-2;/h4H,1-3H2;2*1H3;/q;2*-1;+2. The van der Waals surface area contributed by atoms with Crippen LogP contribution in [0.3, 0.4) is 0 Å². The molecule has 0 aromatic carbocycles. The number of hydrogen-bond donors (Lipinski definition) is 1. The van der Waals surface area contributed by atoms with Gasteiger partial charge in [0.15, 0.2) is 0 Å². The predicted molar refractivity (Wildman–Crippen MR) is 40.9 cm³/mol. The molecule has 2 nitrogen and oxygen atoms in total. The van der Waals surface area contributed by atoms with Crippen molar-refractivity contribution in [1.82, 2.24) is 0 Å². The molecule has 0 unspecified atom stereocenters. The van der Waals surface area contributed by atoms with Gasteiger partial charge in [-0.05, 0) is 0 Å². The molecule has 4 heteroatoms. The van der Waals surface area contributed by atoms with E-state index in [0.29, 0.717) is 0 Å². The van der Waals surface area contributed by atoms with Gasteiger partial charge in [0.25, 0.3) is 0 Å². The first-order valence-electron chi connectivity index (χ1n) is 2.54. The Morgan fingerprint density at radius 2 is 1.56 bits per heavy atom. The van der Waals surface area contributed by atoms with E-state index in [1.165, 1.54) is 11.7 Å². The van der Waals surface area contributed by atoms with Crippen LogP contribution < -0.4 is 10.2 Å². The Morgan fingerprint density at radius 3 is 1.56 bits per heavy atom. The molecule has 0 aromatic heterocycles. The van der Waals surface area contributed by atoms with Crippen LogP contribution in [0.4, 0.5) is 0 Å². The van der Waals surface area contributed by atoms with Crippen molar-refractivity contribution < 1.29 is 10.2 Å². The van der Waals surface area contributed by atoms with Gasteiger partial charge in [-0.25, -0.2) is 0 Å². The molecule has 0 rings (SSSR count). The first kappa shape index (κ1) is 16.4. The second-order valence-corrected chi connectivity index (χ2v) is 1.89. The van der Waals surface area contributed by atoms with Crippen LogP contribution in [0.15, 0.2) is 0 Å². The van der Waals surface area contributed by atoms with E-state index in [2.05, 4.69) is 28.9 Å². The van der Waals surface area contributed by atoms with E-state index in [-0.39, 0.29) is 0 Å². The average molecular weight is 164 g/mol. The van der Waals surface area contributed by atoms with Crippen molar-refractivity contribution in [1.29, 1.82) is 0 Å². The fraction of sp³-hybridized carbons (Fsp3) is 1.00. The quantitative estimate of drug-likeness (QED) is 0.413. The zero-order chi connectivity index (χ0) is 8.12. The van der Waals surface area contributed by atoms with Crippen molar-refractivity contribution >= 4 is 28.9 Å². The summed E-state index contributed by atoms with van der Waals surface area (Å²) in [6.45, 7) is 0. The van der Waals surface area contributed by atoms with Gasteiger partial charge in [-0.15, -0.1) is 0 Å². The molecule has 0 heterocycles. The van der Waals surface area contributed by atoms with Gasteiger partial charge < -0.3 is 10.2 Å². The summed E-state index contributed by atoms with van der Waals surface area (Å²) < 4.78 is 0. The molecule has 0 fully saturated rings. The zero-order valence-corrected chi connectivity index (χ0v) is 8.01. The fourth-order valence-electron chi connectivity index (χ4n) is 0.0913. The van der Waals surface area contributed by atoms with Crippen molar-refractivity contribution in [3.8, 4) is 0 Å². The molecule has 0 saturated heterocycles. The summed E-state index contributed by atoms with van der Waals surface area (Å²) in [5.41, 5.74) is 0. The van der Waals surface area contributed by atoms with Gasteiger partial charge in [-0.1, -0.05) is 0 Å². The van der Waals surface area contributed by atoms with Crippen LogP contribution >= 0.6 is 12.6 Å². The van der Waals surface area contributed by atoms with Crippen molar-refractivity contribution in [2.45, 2.75) is 11.7 Å². The fourth-order valence-corrected chi connectivity index (χ4v) is 0.822. The second kappa shape index (κ2) is 37.1. The van der Waals surface area contributed by atoms with Crippen LogP contribution in [-0.4, -0.2) is 36.3 Å². The molecule has 54 valence electrons. The molecule has 9 heavy (non-hydrogen) atoms. The van der Waals surface area contributed by atoms with Crippen LogP contribution in [0.1, 0.15) is 6.42 Å². The first-order chi connectivity index (χ1) is 4.41. The Hall–Kier alpha value is 0.802. The molecule has 0 amide bonds. The van der Waals surface area contributed by atoms with Gasteiger partial charge in [-0.3, -0.25) is 0 Å². The zero-order valence-electron chi connectivity index (χ0n) is 5.96. The minimum absolute atomic E-state index is 0.750. The topological polar surface area (TPSA) is 46.1 Å². The molecule has 0 atom stereocenters. The number of rotatable bonds is 2. The van der Waals surface area contributed by atoms with Crippen LogP contribution in [-0.2, 0) is 0 Å². The van der Waals surface area contributed by atoms with E-state index in [1.54, 1.807) is 0 Å². The van der Waals surface area contributed by atoms with E-state index in [0.717, 1.165) is 20.0 Å². The van der Waals surface area contributed by atoms with Gasteiger partial charge >= 0.3 is 46.4 Å². The van der Waals surface area contributed by atoms with Crippen molar-refractivity contribution in [3.05, 3.63) is 0 Å². The molecule has 0 aliphatic heterocycles. The number of thiol groups is 1. The summed E-state index contributed by atoms with van der Waals surface area (Å²) in [6, 6.07) is 0. The Balaban J connectivity index is -0.0000000771. The Labute approximate surface area is 71.1 Å². The van der Waals surface area contributed by atoms with Crippen molar-refractivity contribution in [3.63, 3.8) is 0 Å². The molecule has 0 spiro atoms. The minimum atomic E-state index is 0.750. The first-order valence-corrected chi connectivity index (χ1v) is 3.99. The van der Waals surface area contributed by atoms with Crippen LogP contribution in [0.2, 0.25) is 5.28 Å². The third kappa shape index (κ3) is 51.9. The van der Waals surface area contributed by atoms with Gasteiger partial charge in [0, 0.05) is 0 Å². The molecule has 0 N–H and O–H groups in total. The maximum atomic E-state index is 8.25. The van der Waals surface area contributed by atoms with E-state index in [4.69, 9.17) is 10.2 Å². The molecule has 0 aromatic rings. The SMILES string of the molecule is C[O-].C[O-].[Al+2][CH2]CCS. The molecule has 0 bridgehead atoms. The summed E-state index contributed by atoms with van der Waals surface area (Å²) in [7, 11) is 1.50. The summed E-state index contributed by atoms with van der Waals surface area (Å²) in [4.78, 5) is 0. The Morgan fingerprint density at radius 1 is 1.22 bits per heavy atom. The third-order valence-corrected chi connectivity index (χ3v) is 1.09. The second-order valence-electron chi connectivity index (χ2n) is 0.866. The molecule has 0 radical (unpaired) electrons. The van der Waals surface area contributed by atoms with E-state index >= 15 is 0 Å². The van der Waals surface area contributed by atoms with Gasteiger partial charge in [0.1, 0.15) is 0 Å². The van der Waals surface area contributed by atoms with Gasteiger partial charge in [-0.2, -0.15) is 14.2 Å². The van der Waals surface area contributed by atoms with Crippen LogP contribution in [0.5, 0.6) is 0 Å². The Bertz CT molecular complexity index is 22.4. The normalized spacial score (nSPS) is 6.11. The third-order valence-electron chi connectivity index (χ3n) is 0.362. The van der Waals surface area contributed by atoms with Crippen LogP contribution in [0, 0.1) is 0 Å². The molecule has 0 aliphatic rings. The summed E-state index contributed by atoms with van der Waals surface area (Å²) in [5, 5.41) is 17.7. The molecular formula is C5H13AlO2S. The summed E-state index contributed by atoms with van der Waals surface area (Å²) >= 11 is 6.64. The Kier molecular flexibility index (Phi) is 67.6.